The first-order valence-corrected chi connectivity index (χ1v) is 15.7. The highest BCUT2D eigenvalue weighted by atomic mass is 35.5. The average molecular weight is 667 g/mol. The molecular weight excluding hydrogens is 637 g/mol. The number of nitrogens with one attached hydrogen (secondary N) is 1. The smallest absolute Gasteiger partial charge is 0.377 e. The number of benzene rings is 2. The van der Waals surface area contributed by atoms with Gasteiger partial charge in [-0.05, 0) is 68.0 Å². The zero-order valence-electron chi connectivity index (χ0n) is 25.1. The van der Waals surface area contributed by atoms with E-state index in [1.807, 2.05) is 29.2 Å². The molecule has 0 atom stereocenters. The second-order valence-corrected chi connectivity index (χ2v) is 12.5. The van der Waals surface area contributed by atoms with E-state index in [0.717, 1.165) is 23.8 Å². The summed E-state index contributed by atoms with van der Waals surface area (Å²) in [6.45, 7) is 1.53. The van der Waals surface area contributed by atoms with E-state index in [2.05, 4.69) is 10.4 Å². The number of alkyl halides is 3. The number of piperidine rings is 1. The highest BCUT2D eigenvalue weighted by Crippen LogP contribution is 2.45. The lowest BCUT2D eigenvalue weighted by Crippen LogP contribution is -2.46. The summed E-state index contributed by atoms with van der Waals surface area (Å²) in [5, 5.41) is 6.96. The molecule has 0 bridgehead atoms. The summed E-state index contributed by atoms with van der Waals surface area (Å²) in [4.78, 5) is 47.4. The SMILES string of the molecule is O=C(Cn1c2c(c(=O)n3nc(C4=CCOCC4)nc13)C1(CC2)CCN(C(=O)c2ccccc2)CC1)Nc1ccc(C(F)(F)F)cc1Cl. The summed E-state index contributed by atoms with van der Waals surface area (Å²) in [5.74, 6) is -0.0563. The van der Waals surface area contributed by atoms with Crippen molar-refractivity contribution in [3.63, 3.8) is 0 Å². The maximum atomic E-state index is 14.2. The van der Waals surface area contributed by atoms with Crippen LogP contribution in [0.3, 0.4) is 0 Å². The lowest BCUT2D eigenvalue weighted by atomic mass is 9.74. The minimum Gasteiger partial charge on any atom is -0.377 e. The molecule has 2 aromatic heterocycles. The van der Waals surface area contributed by atoms with E-state index < -0.39 is 23.1 Å². The van der Waals surface area contributed by atoms with Gasteiger partial charge in [0.25, 0.3) is 11.5 Å². The topological polar surface area (TPSA) is 111 Å². The van der Waals surface area contributed by atoms with Crippen LogP contribution in [-0.4, -0.2) is 62.2 Å². The molecule has 1 fully saturated rings. The van der Waals surface area contributed by atoms with Gasteiger partial charge in [-0.2, -0.15) is 22.7 Å². The van der Waals surface area contributed by atoms with Crippen LogP contribution in [0.2, 0.25) is 5.02 Å². The number of fused-ring (bicyclic) bond motifs is 3. The largest absolute Gasteiger partial charge is 0.416 e. The molecule has 4 heterocycles. The molecule has 4 aromatic rings. The van der Waals surface area contributed by atoms with Crippen LogP contribution in [0.25, 0.3) is 11.4 Å². The highest BCUT2D eigenvalue weighted by Gasteiger charge is 2.46. The fraction of sp³-hybridized carbons (Fsp3) is 0.364. The fourth-order valence-corrected chi connectivity index (χ4v) is 7.16. The molecule has 14 heteroatoms. The molecule has 0 saturated carbocycles. The number of amides is 2. The van der Waals surface area contributed by atoms with E-state index in [9.17, 15) is 27.6 Å². The fourth-order valence-electron chi connectivity index (χ4n) is 6.93. The van der Waals surface area contributed by atoms with Crippen molar-refractivity contribution < 1.29 is 27.5 Å². The Labute approximate surface area is 271 Å². The molecule has 0 radical (unpaired) electrons. The molecule has 0 unspecified atom stereocenters. The summed E-state index contributed by atoms with van der Waals surface area (Å²) in [6.07, 6.45) is 0.127. The first-order chi connectivity index (χ1) is 22.5. The number of anilines is 1. The van der Waals surface area contributed by atoms with Crippen molar-refractivity contribution in [3.05, 3.63) is 98.2 Å². The van der Waals surface area contributed by atoms with E-state index in [4.69, 9.17) is 21.3 Å². The molecule has 7 rings (SSSR count). The van der Waals surface area contributed by atoms with Crippen LogP contribution < -0.4 is 10.9 Å². The van der Waals surface area contributed by atoms with Crippen molar-refractivity contribution in [3.8, 4) is 0 Å². The van der Waals surface area contributed by atoms with Crippen LogP contribution in [0.5, 0.6) is 0 Å². The third kappa shape index (κ3) is 5.71. The van der Waals surface area contributed by atoms with Gasteiger partial charge in [0.05, 0.1) is 29.5 Å². The summed E-state index contributed by atoms with van der Waals surface area (Å²) >= 11 is 6.12. The number of hydrogen-bond donors (Lipinski definition) is 1. The quantitative estimate of drug-likeness (QED) is 0.317. The van der Waals surface area contributed by atoms with Crippen LogP contribution >= 0.6 is 11.6 Å². The van der Waals surface area contributed by atoms with Gasteiger partial charge in [-0.25, -0.2) is 0 Å². The van der Waals surface area contributed by atoms with Gasteiger partial charge in [-0.1, -0.05) is 35.9 Å². The Hall–Kier alpha value is -4.49. The monoisotopic (exact) mass is 666 g/mol. The van der Waals surface area contributed by atoms with Gasteiger partial charge >= 0.3 is 6.18 Å². The molecule has 2 aromatic carbocycles. The lowest BCUT2D eigenvalue weighted by molar-refractivity contribution is -0.137. The number of nitrogens with zero attached hydrogens (tertiary/aromatic N) is 5. The summed E-state index contributed by atoms with van der Waals surface area (Å²) < 4.78 is 47.8. The van der Waals surface area contributed by atoms with Crippen molar-refractivity contribution in [2.75, 3.05) is 31.6 Å². The second kappa shape index (κ2) is 11.9. The van der Waals surface area contributed by atoms with Crippen LogP contribution in [0.15, 0.2) is 59.4 Å². The average Bonchev–Trinajstić information content (AvgIpc) is 3.68. The first kappa shape index (κ1) is 31.1. The van der Waals surface area contributed by atoms with Crippen LogP contribution in [0.1, 0.15) is 58.7 Å². The van der Waals surface area contributed by atoms with Crippen molar-refractivity contribution >= 4 is 40.5 Å². The maximum Gasteiger partial charge on any atom is 0.416 e. The molecule has 1 saturated heterocycles. The van der Waals surface area contributed by atoms with Gasteiger partial charge in [0.1, 0.15) is 6.54 Å². The van der Waals surface area contributed by atoms with Crippen molar-refractivity contribution in [1.82, 2.24) is 24.1 Å². The number of hydrogen-bond acceptors (Lipinski definition) is 6. The Bertz CT molecular complexity index is 1980. The van der Waals surface area contributed by atoms with E-state index >= 15 is 0 Å². The third-order valence-corrected chi connectivity index (χ3v) is 9.69. The number of halogens is 4. The van der Waals surface area contributed by atoms with Crippen LogP contribution in [0, 0.1) is 0 Å². The van der Waals surface area contributed by atoms with Crippen molar-refractivity contribution in [1.29, 1.82) is 0 Å². The lowest BCUT2D eigenvalue weighted by Gasteiger charge is -2.39. The number of rotatable bonds is 5. The molecule has 1 aliphatic carbocycles. The molecule has 1 spiro atoms. The summed E-state index contributed by atoms with van der Waals surface area (Å²) in [6, 6.07) is 11.8. The van der Waals surface area contributed by atoms with Gasteiger partial charge in [0.2, 0.25) is 11.7 Å². The Kier molecular flexibility index (Phi) is 7.91. The van der Waals surface area contributed by atoms with Crippen LogP contribution in [-0.2, 0) is 34.1 Å². The second-order valence-electron chi connectivity index (χ2n) is 12.1. The van der Waals surface area contributed by atoms with E-state index in [-0.39, 0.29) is 34.5 Å². The Balaban J connectivity index is 1.24. The Morgan fingerprint density at radius 2 is 1.81 bits per heavy atom. The van der Waals surface area contributed by atoms with E-state index in [1.54, 1.807) is 16.7 Å². The minimum absolute atomic E-state index is 0.0276. The zero-order valence-corrected chi connectivity index (χ0v) is 25.9. The number of aromatic nitrogens is 4. The van der Waals surface area contributed by atoms with Gasteiger partial charge < -0.3 is 19.5 Å². The molecule has 2 amide bonds. The van der Waals surface area contributed by atoms with Gasteiger partial charge in [-0.15, -0.1) is 5.10 Å². The van der Waals surface area contributed by atoms with Gasteiger partial charge in [0.15, 0.2) is 5.82 Å². The van der Waals surface area contributed by atoms with Gasteiger partial charge in [-0.3, -0.25) is 14.4 Å². The number of carbonyl (C=O) groups excluding carboxylic acids is 2. The third-order valence-electron chi connectivity index (χ3n) is 9.37. The Morgan fingerprint density at radius 1 is 1.04 bits per heavy atom. The minimum atomic E-state index is -4.58. The molecule has 47 heavy (non-hydrogen) atoms. The molecule has 10 nitrogen and oxygen atoms in total. The normalized spacial score (nSPS) is 17.5. The first-order valence-electron chi connectivity index (χ1n) is 15.4. The highest BCUT2D eigenvalue weighted by molar-refractivity contribution is 6.33. The number of carbonyl (C=O) groups is 2. The maximum absolute atomic E-state index is 14.2. The van der Waals surface area contributed by atoms with Crippen molar-refractivity contribution in [2.45, 2.75) is 50.2 Å². The molecule has 2 aliphatic heterocycles. The zero-order chi connectivity index (χ0) is 32.9. The van der Waals surface area contributed by atoms with Crippen molar-refractivity contribution in [2.24, 2.45) is 0 Å². The predicted octanol–water partition coefficient (Wildman–Crippen LogP) is 5.13. The van der Waals surface area contributed by atoms with Gasteiger partial charge in [0, 0.05) is 35.3 Å². The standard InChI is InChI=1S/C33H30ClF3N6O4/c34-23-18-22(33(35,36)37)6-7-24(23)38-26(44)19-42-25-8-11-32(12-14-41(15-13-32)29(45)21-4-2-1-3-5-21)27(25)30(46)43-31(42)39-28(40-43)20-9-16-47-17-10-20/h1-7,9,18H,8,10-17,19H2,(H,38,44). The number of likely N-dealkylation sites (tertiary alicyclic amines) is 1. The molecular formula is C33H30ClF3N6O4. The van der Waals surface area contributed by atoms with E-state index in [0.29, 0.717) is 81.1 Å². The molecule has 3 aliphatic rings. The Morgan fingerprint density at radius 3 is 2.49 bits per heavy atom. The van der Waals surface area contributed by atoms with E-state index in [1.165, 1.54) is 4.52 Å². The molecule has 244 valence electrons. The summed E-state index contributed by atoms with van der Waals surface area (Å²) in [7, 11) is 0. The summed E-state index contributed by atoms with van der Waals surface area (Å²) in [5.41, 5.74) is 0.941. The van der Waals surface area contributed by atoms with Crippen LogP contribution in [0.4, 0.5) is 18.9 Å². The predicted molar refractivity (Wildman–Crippen MR) is 167 cm³/mol. The number of ether oxygens (including phenoxy) is 1. The molecule has 1 N–H and O–H groups in total.